The molecule has 2 aliphatic heterocycles. The van der Waals surface area contributed by atoms with Crippen molar-refractivity contribution in [3.05, 3.63) is 0 Å². The molecule has 0 spiro atoms. The van der Waals surface area contributed by atoms with E-state index in [2.05, 4.69) is 24.5 Å². The predicted octanol–water partition coefficient (Wildman–Crippen LogP) is 1.20. The second kappa shape index (κ2) is 5.36. The molecule has 2 fully saturated rings. The van der Waals surface area contributed by atoms with Crippen LogP contribution < -0.4 is 10.6 Å². The van der Waals surface area contributed by atoms with Gasteiger partial charge in [-0.1, -0.05) is 6.92 Å². The molecule has 2 N–H and O–H groups in total. The fraction of sp³-hybridized carbons (Fsp3) is 0.923. The molecule has 0 aromatic rings. The third-order valence-electron chi connectivity index (χ3n) is 4.08. The van der Waals surface area contributed by atoms with Gasteiger partial charge >= 0.3 is 0 Å². The van der Waals surface area contributed by atoms with E-state index in [1.54, 1.807) is 0 Å². The number of nitrogens with one attached hydrogen (secondary N) is 2. The topological polar surface area (TPSA) is 50.4 Å². The summed E-state index contributed by atoms with van der Waals surface area (Å²) < 4.78 is 5.84. The first kappa shape index (κ1) is 12.8. The van der Waals surface area contributed by atoms with Gasteiger partial charge in [0.1, 0.15) is 0 Å². The summed E-state index contributed by atoms with van der Waals surface area (Å²) in [5, 5.41) is 6.60. The molecular formula is C13H24N2O2. The van der Waals surface area contributed by atoms with Gasteiger partial charge in [-0.05, 0) is 32.6 Å². The van der Waals surface area contributed by atoms with Crippen LogP contribution in [0, 0.1) is 0 Å². The highest BCUT2D eigenvalue weighted by atomic mass is 16.5. The van der Waals surface area contributed by atoms with Crippen LogP contribution in [-0.4, -0.2) is 36.7 Å². The van der Waals surface area contributed by atoms with Gasteiger partial charge in [-0.3, -0.25) is 4.79 Å². The molecule has 0 bridgehead atoms. The zero-order chi connectivity index (χ0) is 12.3. The van der Waals surface area contributed by atoms with Gasteiger partial charge in [0.25, 0.3) is 0 Å². The molecule has 1 amide bonds. The molecule has 2 aliphatic rings. The second-order valence-electron chi connectivity index (χ2n) is 5.55. The molecule has 2 heterocycles. The molecule has 4 nitrogen and oxygen atoms in total. The number of carbonyl (C=O) groups excluding carboxylic acids is 1. The molecule has 0 radical (unpaired) electrons. The Morgan fingerprint density at radius 3 is 2.94 bits per heavy atom. The van der Waals surface area contributed by atoms with Crippen molar-refractivity contribution in [3.8, 4) is 0 Å². The minimum atomic E-state index is 0.0355. The van der Waals surface area contributed by atoms with Crippen molar-refractivity contribution in [2.75, 3.05) is 13.2 Å². The summed E-state index contributed by atoms with van der Waals surface area (Å²) in [7, 11) is 0. The molecule has 17 heavy (non-hydrogen) atoms. The molecule has 0 saturated carbocycles. The lowest BCUT2D eigenvalue weighted by molar-refractivity contribution is -0.122. The largest absolute Gasteiger partial charge is 0.375 e. The Balaban J connectivity index is 1.80. The Kier molecular flexibility index (Phi) is 4.05. The van der Waals surface area contributed by atoms with Gasteiger partial charge in [-0.15, -0.1) is 0 Å². The lowest BCUT2D eigenvalue weighted by Crippen LogP contribution is -2.53. The lowest BCUT2D eigenvalue weighted by atomic mass is 9.89. The molecular weight excluding hydrogens is 216 g/mol. The Bertz CT molecular complexity index is 273. The number of amides is 1. The Morgan fingerprint density at radius 2 is 2.29 bits per heavy atom. The van der Waals surface area contributed by atoms with Crippen molar-refractivity contribution in [1.82, 2.24) is 10.6 Å². The van der Waals surface area contributed by atoms with E-state index < -0.39 is 0 Å². The Morgan fingerprint density at radius 1 is 1.47 bits per heavy atom. The van der Waals surface area contributed by atoms with Crippen molar-refractivity contribution in [2.45, 2.75) is 63.6 Å². The quantitative estimate of drug-likeness (QED) is 0.779. The van der Waals surface area contributed by atoms with E-state index >= 15 is 0 Å². The first-order valence-electron chi connectivity index (χ1n) is 6.78. The number of ether oxygens (including phenoxy) is 1. The van der Waals surface area contributed by atoms with Crippen LogP contribution in [0.2, 0.25) is 0 Å². The van der Waals surface area contributed by atoms with Crippen LogP contribution in [0.4, 0.5) is 0 Å². The van der Waals surface area contributed by atoms with Crippen molar-refractivity contribution >= 4 is 5.91 Å². The van der Waals surface area contributed by atoms with Crippen LogP contribution in [-0.2, 0) is 9.53 Å². The van der Waals surface area contributed by atoms with E-state index in [1.165, 1.54) is 0 Å². The smallest absolute Gasteiger partial charge is 0.220 e. The summed E-state index contributed by atoms with van der Waals surface area (Å²) in [6, 6.07) is 0.977. The standard InChI is InChI=1S/C13H24N2O2/c1-3-13(2)8-10(6-7-17-13)15-11-4-5-12(16)14-9-11/h10-11,15H,3-9H2,1-2H3,(H,14,16). The average molecular weight is 240 g/mol. The Labute approximate surface area is 103 Å². The first-order valence-corrected chi connectivity index (χ1v) is 6.78. The monoisotopic (exact) mass is 240 g/mol. The molecule has 98 valence electrons. The zero-order valence-electron chi connectivity index (χ0n) is 10.9. The van der Waals surface area contributed by atoms with Crippen LogP contribution in [0.15, 0.2) is 0 Å². The average Bonchev–Trinajstić information content (AvgIpc) is 2.32. The minimum absolute atomic E-state index is 0.0355. The normalized spacial score (nSPS) is 38.8. The van der Waals surface area contributed by atoms with Gasteiger partial charge in [0.2, 0.25) is 5.91 Å². The number of carbonyl (C=O) groups is 1. The molecule has 2 rings (SSSR count). The van der Waals surface area contributed by atoms with E-state index in [0.29, 0.717) is 18.5 Å². The summed E-state index contributed by atoms with van der Waals surface area (Å²) in [6.45, 7) is 6.01. The van der Waals surface area contributed by atoms with E-state index in [0.717, 1.165) is 38.8 Å². The van der Waals surface area contributed by atoms with E-state index in [9.17, 15) is 4.79 Å². The fourth-order valence-corrected chi connectivity index (χ4v) is 2.73. The van der Waals surface area contributed by atoms with Gasteiger partial charge in [0, 0.05) is 31.7 Å². The molecule has 3 atom stereocenters. The Hall–Kier alpha value is -0.610. The van der Waals surface area contributed by atoms with Gasteiger partial charge in [0.15, 0.2) is 0 Å². The zero-order valence-corrected chi connectivity index (χ0v) is 10.9. The van der Waals surface area contributed by atoms with Crippen LogP contribution in [0.1, 0.15) is 46.0 Å². The molecule has 4 heteroatoms. The minimum Gasteiger partial charge on any atom is -0.375 e. The maximum absolute atomic E-state index is 11.1. The SMILES string of the molecule is CCC1(C)CC(NC2CCC(=O)NC2)CCO1. The molecule has 3 unspecified atom stereocenters. The first-order chi connectivity index (χ1) is 8.11. The third kappa shape index (κ3) is 3.42. The maximum Gasteiger partial charge on any atom is 0.220 e. The molecule has 2 saturated heterocycles. The van der Waals surface area contributed by atoms with Crippen molar-refractivity contribution in [2.24, 2.45) is 0 Å². The van der Waals surface area contributed by atoms with Crippen molar-refractivity contribution in [1.29, 1.82) is 0 Å². The van der Waals surface area contributed by atoms with Gasteiger partial charge in [-0.25, -0.2) is 0 Å². The second-order valence-corrected chi connectivity index (χ2v) is 5.55. The van der Waals surface area contributed by atoms with E-state index in [1.807, 2.05) is 0 Å². The number of hydrogen-bond acceptors (Lipinski definition) is 3. The summed E-state index contributed by atoms with van der Waals surface area (Å²) in [5.74, 6) is 0.188. The lowest BCUT2D eigenvalue weighted by Gasteiger charge is -2.40. The van der Waals surface area contributed by atoms with Crippen molar-refractivity contribution < 1.29 is 9.53 Å². The highest BCUT2D eigenvalue weighted by molar-refractivity contribution is 5.76. The number of piperidine rings is 1. The number of rotatable bonds is 3. The van der Waals surface area contributed by atoms with Crippen LogP contribution in [0.5, 0.6) is 0 Å². The third-order valence-corrected chi connectivity index (χ3v) is 4.08. The summed E-state index contributed by atoms with van der Waals surface area (Å²) in [5.41, 5.74) is 0.0355. The van der Waals surface area contributed by atoms with Crippen LogP contribution in [0.25, 0.3) is 0 Å². The van der Waals surface area contributed by atoms with Crippen LogP contribution >= 0.6 is 0 Å². The molecule has 0 aromatic heterocycles. The van der Waals surface area contributed by atoms with Gasteiger partial charge in [-0.2, -0.15) is 0 Å². The highest BCUT2D eigenvalue weighted by Gasteiger charge is 2.32. The molecule has 0 aromatic carbocycles. The summed E-state index contributed by atoms with van der Waals surface area (Å²) in [4.78, 5) is 11.1. The van der Waals surface area contributed by atoms with Gasteiger partial charge in [0.05, 0.1) is 5.60 Å². The summed E-state index contributed by atoms with van der Waals surface area (Å²) in [6.07, 6.45) is 4.85. The van der Waals surface area contributed by atoms with E-state index in [-0.39, 0.29) is 11.5 Å². The van der Waals surface area contributed by atoms with Crippen LogP contribution in [0.3, 0.4) is 0 Å². The predicted molar refractivity (Wildman–Crippen MR) is 66.8 cm³/mol. The van der Waals surface area contributed by atoms with Gasteiger partial charge < -0.3 is 15.4 Å². The summed E-state index contributed by atoms with van der Waals surface area (Å²) >= 11 is 0. The maximum atomic E-state index is 11.1. The van der Waals surface area contributed by atoms with E-state index in [4.69, 9.17) is 4.74 Å². The molecule has 0 aliphatic carbocycles. The highest BCUT2D eigenvalue weighted by Crippen LogP contribution is 2.28. The fourth-order valence-electron chi connectivity index (χ4n) is 2.73. The van der Waals surface area contributed by atoms with Crippen molar-refractivity contribution in [3.63, 3.8) is 0 Å². The number of hydrogen-bond donors (Lipinski definition) is 2.